The summed E-state index contributed by atoms with van der Waals surface area (Å²) in [4.78, 5) is 18.8. The van der Waals surface area contributed by atoms with Crippen LogP contribution >= 0.6 is 11.3 Å². The van der Waals surface area contributed by atoms with Crippen LogP contribution in [0.1, 0.15) is 63.6 Å². The average Bonchev–Trinajstić information content (AvgIpc) is 3.25. The summed E-state index contributed by atoms with van der Waals surface area (Å²) in [5.74, 6) is 0.184. The highest BCUT2D eigenvalue weighted by atomic mass is 32.2. The van der Waals surface area contributed by atoms with Gasteiger partial charge in [0, 0.05) is 24.7 Å². The number of carbonyl (C=O) groups is 1. The summed E-state index contributed by atoms with van der Waals surface area (Å²) >= 11 is 0.684. The molecule has 4 heterocycles. The first-order chi connectivity index (χ1) is 19.2. The van der Waals surface area contributed by atoms with Gasteiger partial charge in [0.05, 0.1) is 22.2 Å². The van der Waals surface area contributed by atoms with Crippen LogP contribution in [0.4, 0.5) is 13.6 Å². The summed E-state index contributed by atoms with van der Waals surface area (Å²) < 4.78 is 62.3. The molecule has 216 valence electrons. The van der Waals surface area contributed by atoms with Gasteiger partial charge in [0.15, 0.2) is 15.8 Å². The zero-order valence-corrected chi connectivity index (χ0v) is 24.2. The summed E-state index contributed by atoms with van der Waals surface area (Å²) in [7, 11) is -4.05. The molecule has 3 aliphatic rings. The van der Waals surface area contributed by atoms with Gasteiger partial charge in [0.1, 0.15) is 11.1 Å². The quantitative estimate of drug-likeness (QED) is 0.433. The Morgan fingerprint density at radius 2 is 1.98 bits per heavy atom. The second-order valence-corrected chi connectivity index (χ2v) is 14.6. The molecule has 0 unspecified atom stereocenters. The number of alkyl halides is 2. The number of nitrogens with one attached hydrogen (secondary N) is 1. The van der Waals surface area contributed by atoms with Crippen molar-refractivity contribution in [2.24, 2.45) is 5.41 Å². The van der Waals surface area contributed by atoms with Gasteiger partial charge in [-0.2, -0.15) is 9.98 Å². The minimum atomic E-state index is -4.05. The first-order valence-electron chi connectivity index (χ1n) is 13.0. The molecule has 2 aliphatic carbocycles. The number of aromatic nitrogens is 4. The van der Waals surface area contributed by atoms with Crippen LogP contribution in [-0.2, 0) is 14.8 Å². The van der Waals surface area contributed by atoms with Gasteiger partial charge in [-0.15, -0.1) is 10.2 Å². The Kier molecular flexibility index (Phi) is 6.25. The standard InChI is InChI=1S/C26H27F2N7O4S2/c1-24(2,3)39-23(36)34-13-25(14-34)7-6-15(10-25)18-17-5-4-16(41(37,38)33-26(12-29)8-9-26)11-35(17)20(30-18)22-32-31-21(40-22)19(27)28/h4-6,11,19,33H,7-10,13-14H2,1-3H3. The number of ether oxygens (including phenoxy) is 1. The van der Waals surface area contributed by atoms with E-state index in [9.17, 15) is 27.3 Å². The number of nitriles is 1. The van der Waals surface area contributed by atoms with Gasteiger partial charge in [-0.25, -0.2) is 27.0 Å². The molecular formula is C26H27F2N7O4S2. The molecule has 3 aromatic rings. The van der Waals surface area contributed by atoms with Crippen LogP contribution in [0.2, 0.25) is 0 Å². The molecule has 1 spiro atoms. The lowest BCUT2D eigenvalue weighted by Gasteiger charge is -2.48. The molecular weight excluding hydrogens is 576 g/mol. The van der Waals surface area contributed by atoms with Crippen molar-refractivity contribution in [2.45, 2.75) is 68.9 Å². The third-order valence-corrected chi connectivity index (χ3v) is 9.84. The van der Waals surface area contributed by atoms with Crippen molar-refractivity contribution in [3.8, 4) is 16.9 Å². The van der Waals surface area contributed by atoms with Crippen LogP contribution in [0.3, 0.4) is 0 Å². The van der Waals surface area contributed by atoms with Crippen LogP contribution < -0.4 is 4.72 Å². The zero-order valence-electron chi connectivity index (χ0n) is 22.5. The van der Waals surface area contributed by atoms with Crippen molar-refractivity contribution in [3.05, 3.63) is 35.1 Å². The maximum absolute atomic E-state index is 13.3. The van der Waals surface area contributed by atoms with E-state index in [2.05, 4.69) is 21.0 Å². The molecule has 1 N–H and O–H groups in total. The number of allylic oxidation sites excluding steroid dienone is 2. The lowest BCUT2D eigenvalue weighted by Crippen LogP contribution is -2.58. The number of halogens is 2. The lowest BCUT2D eigenvalue weighted by molar-refractivity contribution is -0.0293. The Balaban J connectivity index is 1.33. The normalized spacial score (nSPS) is 19.3. The van der Waals surface area contributed by atoms with Crippen LogP contribution in [0.25, 0.3) is 21.9 Å². The van der Waals surface area contributed by atoms with Gasteiger partial charge >= 0.3 is 6.09 Å². The summed E-state index contributed by atoms with van der Waals surface area (Å²) in [5.41, 5.74) is 0.203. The zero-order chi connectivity index (χ0) is 29.4. The summed E-state index contributed by atoms with van der Waals surface area (Å²) in [6.45, 7) is 6.52. The highest BCUT2D eigenvalue weighted by Crippen LogP contribution is 2.49. The second-order valence-electron chi connectivity index (χ2n) is 11.9. The van der Waals surface area contributed by atoms with E-state index >= 15 is 0 Å². The fraction of sp³-hybridized carbons (Fsp3) is 0.500. The molecule has 1 saturated heterocycles. The van der Waals surface area contributed by atoms with Gasteiger partial charge in [0.25, 0.3) is 6.43 Å². The minimum absolute atomic E-state index is 0.0980. The molecule has 1 aliphatic heterocycles. The Morgan fingerprint density at radius 1 is 1.24 bits per heavy atom. The highest BCUT2D eigenvalue weighted by molar-refractivity contribution is 7.89. The molecule has 1 saturated carbocycles. The predicted molar refractivity (Wildman–Crippen MR) is 144 cm³/mol. The Morgan fingerprint density at radius 3 is 2.59 bits per heavy atom. The minimum Gasteiger partial charge on any atom is -0.444 e. The first-order valence-corrected chi connectivity index (χ1v) is 15.3. The molecule has 15 heteroatoms. The smallest absolute Gasteiger partial charge is 0.410 e. The number of rotatable bonds is 6. The maximum atomic E-state index is 13.3. The number of hydrogen-bond acceptors (Lipinski definition) is 9. The first kappa shape index (κ1) is 27.7. The van der Waals surface area contributed by atoms with E-state index in [1.165, 1.54) is 16.7 Å². The molecule has 2 fully saturated rings. The molecule has 0 bridgehead atoms. The number of carbonyl (C=O) groups excluding carboxylic acids is 1. The molecule has 6 rings (SSSR count). The molecule has 0 atom stereocenters. The van der Waals surface area contributed by atoms with E-state index in [-0.39, 0.29) is 27.2 Å². The largest absolute Gasteiger partial charge is 0.444 e. The number of nitrogens with zero attached hydrogens (tertiary/aromatic N) is 6. The van der Waals surface area contributed by atoms with Gasteiger partial charge < -0.3 is 9.64 Å². The van der Waals surface area contributed by atoms with Crippen molar-refractivity contribution in [2.75, 3.05) is 13.1 Å². The second kappa shape index (κ2) is 9.27. The number of sulfonamides is 1. The van der Waals surface area contributed by atoms with Crippen molar-refractivity contribution in [3.63, 3.8) is 0 Å². The van der Waals surface area contributed by atoms with E-state index in [1.54, 1.807) is 11.0 Å². The van der Waals surface area contributed by atoms with Crippen LogP contribution in [0.15, 0.2) is 29.3 Å². The number of pyridine rings is 1. The Labute approximate surface area is 238 Å². The van der Waals surface area contributed by atoms with Gasteiger partial charge in [-0.05, 0) is 64.2 Å². The number of imidazole rings is 1. The van der Waals surface area contributed by atoms with Crippen LogP contribution in [-0.4, -0.2) is 63.2 Å². The molecule has 1 amide bonds. The van der Waals surface area contributed by atoms with E-state index in [0.29, 0.717) is 54.9 Å². The fourth-order valence-corrected chi connectivity index (χ4v) is 7.29. The van der Waals surface area contributed by atoms with E-state index in [4.69, 9.17) is 9.72 Å². The molecule has 0 aromatic carbocycles. The molecule has 41 heavy (non-hydrogen) atoms. The van der Waals surface area contributed by atoms with E-state index in [0.717, 1.165) is 12.0 Å². The SMILES string of the molecule is CC(C)(C)OC(=O)N1CC2(CC=C(c3nc(-c4nnc(C(F)F)s4)n4cc(S(=O)(=O)NC5(C#N)CC5)ccc34)C2)C1. The maximum Gasteiger partial charge on any atom is 0.410 e. The van der Waals surface area contributed by atoms with E-state index < -0.39 is 32.6 Å². The fourth-order valence-electron chi connectivity index (χ4n) is 5.23. The Hall–Kier alpha value is -3.48. The number of fused-ring (bicyclic) bond motifs is 1. The molecule has 0 radical (unpaired) electrons. The van der Waals surface area contributed by atoms with Crippen LogP contribution in [0, 0.1) is 16.7 Å². The molecule has 3 aromatic heterocycles. The summed E-state index contributed by atoms with van der Waals surface area (Å²) in [6, 6.07) is 5.06. The number of amides is 1. The van der Waals surface area contributed by atoms with Crippen molar-refractivity contribution < 1.29 is 26.7 Å². The highest BCUT2D eigenvalue weighted by Gasteiger charge is 2.49. The monoisotopic (exact) mass is 603 g/mol. The van der Waals surface area contributed by atoms with Gasteiger partial charge in [-0.3, -0.25) is 4.40 Å². The van der Waals surface area contributed by atoms with E-state index in [1.807, 2.05) is 26.8 Å². The lowest BCUT2D eigenvalue weighted by atomic mass is 9.77. The van der Waals surface area contributed by atoms with Crippen molar-refractivity contribution >= 4 is 38.5 Å². The summed E-state index contributed by atoms with van der Waals surface area (Å²) in [5, 5.41) is 16.5. The van der Waals surface area contributed by atoms with Gasteiger partial charge in [0.2, 0.25) is 10.0 Å². The number of hydrogen-bond donors (Lipinski definition) is 1. The third kappa shape index (κ3) is 5.08. The van der Waals surface area contributed by atoms with Gasteiger partial charge in [-0.1, -0.05) is 17.4 Å². The third-order valence-electron chi connectivity index (χ3n) is 7.39. The van der Waals surface area contributed by atoms with Crippen molar-refractivity contribution in [1.82, 2.24) is 29.2 Å². The number of likely N-dealkylation sites (tertiary alicyclic amines) is 1. The summed E-state index contributed by atoms with van der Waals surface area (Å²) in [6.07, 6.45) is 2.45. The molecule has 11 nitrogen and oxygen atoms in total. The Bertz CT molecular complexity index is 1740. The van der Waals surface area contributed by atoms with Crippen molar-refractivity contribution in [1.29, 1.82) is 5.26 Å². The predicted octanol–water partition coefficient (Wildman–Crippen LogP) is 4.54. The average molecular weight is 604 g/mol. The van der Waals surface area contributed by atoms with Crippen LogP contribution in [0.5, 0.6) is 0 Å². The topological polar surface area (TPSA) is 143 Å².